The van der Waals surface area contributed by atoms with Gasteiger partial charge in [0.05, 0.1) is 11.0 Å². The molecule has 0 spiro atoms. The summed E-state index contributed by atoms with van der Waals surface area (Å²) >= 11 is 1.34. The van der Waals surface area contributed by atoms with Crippen LogP contribution in [0.25, 0.3) is 0 Å². The first-order chi connectivity index (χ1) is 6.97. The fourth-order valence-corrected chi connectivity index (χ4v) is 1.58. The maximum Gasteiger partial charge on any atom is 0.232 e. The molecule has 1 atom stereocenters. The number of rotatable bonds is 6. The number of carbonyl (C=O) groups excluding carboxylic acids is 2. The fraction of sp³-hybridized carbons (Fsp3) is 0.800. The third kappa shape index (κ3) is 7.25. The van der Waals surface area contributed by atoms with Crippen molar-refractivity contribution in [3.05, 3.63) is 0 Å². The van der Waals surface area contributed by atoms with E-state index < -0.39 is 0 Å². The second-order valence-electron chi connectivity index (χ2n) is 3.77. The molecule has 0 radical (unpaired) electrons. The van der Waals surface area contributed by atoms with E-state index in [1.165, 1.54) is 11.8 Å². The van der Waals surface area contributed by atoms with Gasteiger partial charge in [0.2, 0.25) is 11.8 Å². The Morgan fingerprint density at radius 2 is 1.87 bits per heavy atom. The van der Waals surface area contributed by atoms with E-state index in [4.69, 9.17) is 0 Å². The molecular formula is C10H20N2O2S. The average Bonchev–Trinajstić information content (AvgIpc) is 2.21. The summed E-state index contributed by atoms with van der Waals surface area (Å²) in [6.45, 7) is 6.58. The molecule has 0 aliphatic rings. The summed E-state index contributed by atoms with van der Waals surface area (Å²) in [5.41, 5.74) is 0. The molecule has 5 heteroatoms. The first-order valence-electron chi connectivity index (χ1n) is 5.07. The van der Waals surface area contributed by atoms with Gasteiger partial charge in [-0.2, -0.15) is 0 Å². The van der Waals surface area contributed by atoms with Gasteiger partial charge < -0.3 is 10.6 Å². The Morgan fingerprint density at radius 3 is 2.33 bits per heavy atom. The number of nitrogens with one attached hydrogen (secondary N) is 2. The lowest BCUT2D eigenvalue weighted by atomic mass is 10.2. The van der Waals surface area contributed by atoms with E-state index >= 15 is 0 Å². The van der Waals surface area contributed by atoms with Crippen LogP contribution in [0, 0.1) is 5.92 Å². The van der Waals surface area contributed by atoms with Gasteiger partial charge in [0.1, 0.15) is 0 Å². The van der Waals surface area contributed by atoms with Gasteiger partial charge in [-0.15, -0.1) is 11.8 Å². The van der Waals surface area contributed by atoms with Crippen molar-refractivity contribution in [1.82, 2.24) is 10.6 Å². The summed E-state index contributed by atoms with van der Waals surface area (Å²) in [5, 5.41) is 5.17. The van der Waals surface area contributed by atoms with Gasteiger partial charge in [-0.25, -0.2) is 0 Å². The molecule has 15 heavy (non-hydrogen) atoms. The van der Waals surface area contributed by atoms with E-state index in [1.54, 1.807) is 7.05 Å². The van der Waals surface area contributed by atoms with Gasteiger partial charge in [0.15, 0.2) is 0 Å². The molecule has 2 amide bonds. The molecule has 0 aromatic carbocycles. The quantitative estimate of drug-likeness (QED) is 0.706. The lowest BCUT2D eigenvalue weighted by Gasteiger charge is -2.12. The number of hydrogen-bond acceptors (Lipinski definition) is 3. The van der Waals surface area contributed by atoms with Gasteiger partial charge in [-0.1, -0.05) is 13.8 Å². The maximum atomic E-state index is 11.5. The normalized spacial score (nSPS) is 12.3. The van der Waals surface area contributed by atoms with Crippen LogP contribution in [0.15, 0.2) is 0 Å². The van der Waals surface area contributed by atoms with E-state index in [-0.39, 0.29) is 17.1 Å². The van der Waals surface area contributed by atoms with Gasteiger partial charge >= 0.3 is 0 Å². The van der Waals surface area contributed by atoms with Gasteiger partial charge in [-0.05, 0) is 12.8 Å². The molecule has 0 heterocycles. The number of carbonyl (C=O) groups is 2. The molecule has 0 saturated carbocycles. The highest BCUT2D eigenvalue weighted by Gasteiger charge is 2.14. The Kier molecular flexibility index (Phi) is 7.21. The van der Waals surface area contributed by atoms with Gasteiger partial charge in [0, 0.05) is 13.6 Å². The summed E-state index contributed by atoms with van der Waals surface area (Å²) in [5.74, 6) is 0.721. The van der Waals surface area contributed by atoms with Crippen molar-refractivity contribution in [3.8, 4) is 0 Å². The Labute approximate surface area is 95.6 Å². The van der Waals surface area contributed by atoms with Crippen molar-refractivity contribution in [2.45, 2.75) is 26.0 Å². The minimum Gasteiger partial charge on any atom is -0.358 e. The minimum absolute atomic E-state index is 0.00222. The standard InChI is InChI=1S/C10H20N2O2S/c1-7(2)5-12-10(14)8(3)15-6-9(13)11-4/h7-8H,5-6H2,1-4H3,(H,11,13)(H,12,14). The van der Waals surface area contributed by atoms with Crippen LogP contribution >= 0.6 is 11.8 Å². The van der Waals surface area contributed by atoms with Crippen LogP contribution in [-0.4, -0.2) is 36.4 Å². The summed E-state index contributed by atoms with van der Waals surface area (Å²) in [4.78, 5) is 22.4. The molecule has 0 saturated heterocycles. The molecule has 0 aromatic heterocycles. The third-order valence-electron chi connectivity index (χ3n) is 1.80. The smallest absolute Gasteiger partial charge is 0.232 e. The number of thioether (sulfide) groups is 1. The first kappa shape index (κ1) is 14.3. The Hall–Kier alpha value is -0.710. The summed E-state index contributed by atoms with van der Waals surface area (Å²) in [6.07, 6.45) is 0. The zero-order valence-electron chi connectivity index (χ0n) is 9.79. The van der Waals surface area contributed by atoms with Crippen molar-refractivity contribution < 1.29 is 9.59 Å². The van der Waals surface area contributed by atoms with Crippen LogP contribution in [0.4, 0.5) is 0 Å². The molecule has 0 aliphatic carbocycles. The second kappa shape index (κ2) is 7.56. The molecule has 0 bridgehead atoms. The molecule has 0 aliphatic heterocycles. The molecule has 88 valence electrons. The minimum atomic E-state index is -0.180. The predicted octanol–water partition coefficient (Wildman–Crippen LogP) is 0.626. The van der Waals surface area contributed by atoms with Crippen LogP contribution < -0.4 is 10.6 Å². The Morgan fingerprint density at radius 1 is 1.27 bits per heavy atom. The van der Waals surface area contributed by atoms with Crippen molar-refractivity contribution in [3.63, 3.8) is 0 Å². The monoisotopic (exact) mass is 232 g/mol. The molecular weight excluding hydrogens is 212 g/mol. The van der Waals surface area contributed by atoms with Crippen molar-refractivity contribution in [1.29, 1.82) is 0 Å². The zero-order chi connectivity index (χ0) is 11.8. The molecule has 2 N–H and O–H groups in total. The predicted molar refractivity (Wildman–Crippen MR) is 63.8 cm³/mol. The van der Waals surface area contributed by atoms with Crippen LogP contribution in [0.3, 0.4) is 0 Å². The number of hydrogen-bond donors (Lipinski definition) is 2. The summed E-state index contributed by atoms with van der Waals surface area (Å²) < 4.78 is 0. The van der Waals surface area contributed by atoms with Crippen LogP contribution in [-0.2, 0) is 9.59 Å². The van der Waals surface area contributed by atoms with Crippen LogP contribution in [0.2, 0.25) is 0 Å². The van der Waals surface area contributed by atoms with E-state index in [1.807, 2.05) is 20.8 Å². The Balaban J connectivity index is 3.74. The lowest BCUT2D eigenvalue weighted by molar-refractivity contribution is -0.120. The highest BCUT2D eigenvalue weighted by molar-refractivity contribution is 8.01. The second-order valence-corrected chi connectivity index (χ2v) is 5.09. The molecule has 0 fully saturated rings. The summed E-state index contributed by atoms with van der Waals surface area (Å²) in [6, 6.07) is 0. The largest absolute Gasteiger partial charge is 0.358 e. The molecule has 0 aromatic rings. The van der Waals surface area contributed by atoms with E-state index in [0.717, 1.165) is 0 Å². The van der Waals surface area contributed by atoms with Crippen molar-refractivity contribution in [2.75, 3.05) is 19.3 Å². The molecule has 0 rings (SSSR count). The average molecular weight is 232 g/mol. The van der Waals surface area contributed by atoms with E-state index in [0.29, 0.717) is 18.2 Å². The van der Waals surface area contributed by atoms with Crippen LogP contribution in [0.5, 0.6) is 0 Å². The Bertz CT molecular complexity index is 219. The van der Waals surface area contributed by atoms with Crippen molar-refractivity contribution in [2.24, 2.45) is 5.92 Å². The summed E-state index contributed by atoms with van der Waals surface area (Å²) in [7, 11) is 1.59. The SMILES string of the molecule is CNC(=O)CSC(C)C(=O)NCC(C)C. The first-order valence-corrected chi connectivity index (χ1v) is 6.12. The highest BCUT2D eigenvalue weighted by Crippen LogP contribution is 2.09. The highest BCUT2D eigenvalue weighted by atomic mass is 32.2. The van der Waals surface area contributed by atoms with Crippen molar-refractivity contribution >= 4 is 23.6 Å². The van der Waals surface area contributed by atoms with Crippen LogP contribution in [0.1, 0.15) is 20.8 Å². The topological polar surface area (TPSA) is 58.2 Å². The van der Waals surface area contributed by atoms with Gasteiger partial charge in [-0.3, -0.25) is 9.59 Å². The fourth-order valence-electron chi connectivity index (χ4n) is 0.797. The third-order valence-corrected chi connectivity index (χ3v) is 2.94. The lowest BCUT2D eigenvalue weighted by Crippen LogP contribution is -2.34. The van der Waals surface area contributed by atoms with E-state index in [2.05, 4.69) is 10.6 Å². The van der Waals surface area contributed by atoms with E-state index in [9.17, 15) is 9.59 Å². The number of amides is 2. The zero-order valence-corrected chi connectivity index (χ0v) is 10.6. The maximum absolute atomic E-state index is 11.5. The van der Waals surface area contributed by atoms with Gasteiger partial charge in [0.25, 0.3) is 0 Å². The molecule has 1 unspecified atom stereocenters. The molecule has 4 nitrogen and oxygen atoms in total.